The van der Waals surface area contributed by atoms with E-state index in [0.717, 1.165) is 65.8 Å². The molecule has 5 aromatic rings. The number of hydrogen-bond acceptors (Lipinski definition) is 15. The van der Waals surface area contributed by atoms with Gasteiger partial charge in [-0.3, -0.25) is 19.3 Å². The number of carbonyl (C=O) groups excluding carboxylic acids is 3. The minimum atomic E-state index is -0.875. The van der Waals surface area contributed by atoms with Gasteiger partial charge in [0.2, 0.25) is 11.8 Å². The van der Waals surface area contributed by atoms with Crippen molar-refractivity contribution in [2.75, 3.05) is 56.0 Å². The van der Waals surface area contributed by atoms with Gasteiger partial charge in [-0.2, -0.15) is 0 Å². The minimum absolute atomic E-state index is 0.00930. The fourth-order valence-electron chi connectivity index (χ4n) is 9.78. The van der Waals surface area contributed by atoms with Crippen molar-refractivity contribution in [3.05, 3.63) is 83.2 Å². The van der Waals surface area contributed by atoms with Crippen LogP contribution < -0.4 is 20.3 Å². The predicted octanol–water partition coefficient (Wildman–Crippen LogP) is 4.83. The number of aromatic nitrogens is 4. The Morgan fingerprint density at radius 3 is 2.51 bits per heavy atom. The van der Waals surface area contributed by atoms with E-state index in [1.807, 2.05) is 80.6 Å². The Morgan fingerprint density at radius 1 is 0.954 bits per heavy atom. The Balaban J connectivity index is 0.788. The Kier molecular flexibility index (Phi) is 12.5. The van der Waals surface area contributed by atoms with Crippen LogP contribution in [0.4, 0.5) is 11.5 Å². The van der Waals surface area contributed by atoms with Gasteiger partial charge < -0.3 is 44.8 Å². The van der Waals surface area contributed by atoms with Gasteiger partial charge in [0, 0.05) is 69.9 Å². The summed E-state index contributed by atoms with van der Waals surface area (Å²) in [5, 5.41) is 40.6. The third-order valence-electron chi connectivity index (χ3n) is 13.3. The fourth-order valence-corrected chi connectivity index (χ4v) is 10.6. The molecule has 0 aliphatic carbocycles. The Labute approximate surface area is 381 Å². The quantitative estimate of drug-likeness (QED) is 0.133. The predicted molar refractivity (Wildman–Crippen MR) is 244 cm³/mol. The third-order valence-corrected chi connectivity index (χ3v) is 14.3. The van der Waals surface area contributed by atoms with Crippen LogP contribution in [0.2, 0.25) is 0 Å². The van der Waals surface area contributed by atoms with E-state index in [1.165, 1.54) is 4.90 Å². The van der Waals surface area contributed by atoms with E-state index < -0.39 is 24.2 Å². The molecule has 2 aromatic carbocycles. The zero-order valence-corrected chi connectivity index (χ0v) is 38.1. The SMILES string of the molecule is Cc1ncsc1-c1ccc([C@H](C)NC(=O)[C@@H]2C[C@@H](O)CN2C(=O)C(c2cc(O[C@H](C)C(=O)N3CCC(N4CCN5c6cc(-c7ccccc7O)nnc6NC[C@H]5C4)C3)no2)C(C)C)cc1. The van der Waals surface area contributed by atoms with Crippen LogP contribution in [-0.2, 0) is 14.4 Å². The normalized spacial score (nSPS) is 22.2. The number of carbonyl (C=O) groups is 3. The number of rotatable bonds is 12. The average Bonchev–Trinajstić information content (AvgIpc) is 4.14. The molecule has 4 aliphatic rings. The van der Waals surface area contributed by atoms with Crippen LogP contribution in [0.1, 0.15) is 69.5 Å². The van der Waals surface area contributed by atoms with Gasteiger partial charge in [0.05, 0.1) is 45.7 Å². The maximum Gasteiger partial charge on any atom is 0.263 e. The number of likely N-dealkylation sites (tertiary alicyclic amines) is 2. The monoisotopic (exact) mass is 904 g/mol. The maximum atomic E-state index is 14.3. The number of fused-ring (bicyclic) bond motifs is 3. The van der Waals surface area contributed by atoms with Gasteiger partial charge in [-0.05, 0) is 67.6 Å². The van der Waals surface area contributed by atoms with Crippen molar-refractivity contribution < 1.29 is 33.9 Å². The lowest BCUT2D eigenvalue weighted by Gasteiger charge is -2.47. The molecule has 7 heterocycles. The van der Waals surface area contributed by atoms with E-state index in [-0.39, 0.29) is 72.1 Å². The summed E-state index contributed by atoms with van der Waals surface area (Å²) in [6.07, 6.45) is -0.764. The number of para-hydroxylation sites is 1. The van der Waals surface area contributed by atoms with Crippen molar-refractivity contribution in [1.29, 1.82) is 0 Å². The lowest BCUT2D eigenvalue weighted by Crippen LogP contribution is -2.60. The van der Waals surface area contributed by atoms with Crippen LogP contribution >= 0.6 is 11.3 Å². The Morgan fingerprint density at radius 2 is 1.75 bits per heavy atom. The van der Waals surface area contributed by atoms with Crippen molar-refractivity contribution in [3.8, 4) is 33.3 Å². The molecular formula is C47H56N10O7S. The van der Waals surface area contributed by atoms with Crippen molar-refractivity contribution in [2.24, 2.45) is 5.92 Å². The van der Waals surface area contributed by atoms with E-state index in [9.17, 15) is 24.6 Å². The molecule has 4 aliphatic heterocycles. The number of anilines is 2. The molecule has 3 aromatic heterocycles. The lowest BCUT2D eigenvalue weighted by molar-refractivity contribution is -0.141. The van der Waals surface area contributed by atoms with Crippen molar-refractivity contribution in [2.45, 2.75) is 89.8 Å². The number of amides is 3. The van der Waals surface area contributed by atoms with Gasteiger partial charge >= 0.3 is 0 Å². The fraction of sp³-hybridized carbons (Fsp3) is 0.468. The molecule has 17 nitrogen and oxygen atoms in total. The second-order valence-corrected chi connectivity index (χ2v) is 18.8. The van der Waals surface area contributed by atoms with E-state index in [4.69, 9.17) is 9.26 Å². The summed E-state index contributed by atoms with van der Waals surface area (Å²) in [5.41, 5.74) is 6.98. The summed E-state index contributed by atoms with van der Waals surface area (Å²) in [6.45, 7) is 13.7. The second kappa shape index (κ2) is 18.4. The van der Waals surface area contributed by atoms with Gasteiger partial charge in [0.25, 0.3) is 11.8 Å². The topological polar surface area (TPSA) is 203 Å². The molecule has 3 saturated heterocycles. The largest absolute Gasteiger partial charge is 0.507 e. The number of β-amino-alcohol motifs (C(OH)–C–C–N with tert-alkyl or cyclic N) is 1. The number of aliphatic hydroxyl groups is 1. The molecule has 18 heteroatoms. The van der Waals surface area contributed by atoms with Gasteiger partial charge in [0.15, 0.2) is 17.7 Å². The van der Waals surface area contributed by atoms with E-state index in [0.29, 0.717) is 24.3 Å². The van der Waals surface area contributed by atoms with E-state index >= 15 is 0 Å². The molecule has 9 rings (SSSR count). The highest BCUT2D eigenvalue weighted by molar-refractivity contribution is 7.13. The van der Waals surface area contributed by atoms with Crippen LogP contribution in [0.3, 0.4) is 0 Å². The van der Waals surface area contributed by atoms with Gasteiger partial charge in [-0.1, -0.05) is 50.2 Å². The third kappa shape index (κ3) is 8.98. The zero-order chi connectivity index (χ0) is 45.5. The number of aliphatic hydroxyl groups excluding tert-OH is 1. The van der Waals surface area contributed by atoms with Crippen LogP contribution in [-0.4, -0.2) is 139 Å². The number of nitrogens with zero attached hydrogens (tertiary/aromatic N) is 8. The van der Waals surface area contributed by atoms with Crippen LogP contribution in [0, 0.1) is 12.8 Å². The number of aromatic hydroxyl groups is 1. The Bertz CT molecular complexity index is 2530. The highest BCUT2D eigenvalue weighted by Crippen LogP contribution is 2.38. The highest BCUT2D eigenvalue weighted by Gasteiger charge is 2.44. The lowest BCUT2D eigenvalue weighted by atomic mass is 9.91. The standard InChI is InChI=1S/C47H56N10O7S/c1-26(2)42(47(62)57-24-34(58)18-38(57)45(60)50-27(3)30-10-12-31(13-11-30)43-28(4)49-25-65-43)40-20-41(53-64-40)63-29(5)46(61)55-15-14-32(22-55)54-16-17-56-33(23-54)21-48-44-37(56)19-36(51-52-44)35-8-6-7-9-39(35)59/h6-13,19-20,25-27,29,32-34,38,42,58-59H,14-18,21-24H2,1-5H3,(H,48,52)(H,50,60)/t27-,29+,32?,33-,34+,38-,42?/m0/s1. The summed E-state index contributed by atoms with van der Waals surface area (Å²) < 4.78 is 11.8. The highest BCUT2D eigenvalue weighted by atomic mass is 32.1. The van der Waals surface area contributed by atoms with Crippen molar-refractivity contribution in [3.63, 3.8) is 0 Å². The number of thiazole rings is 1. The number of benzene rings is 2. The first-order valence-electron chi connectivity index (χ1n) is 22.4. The summed E-state index contributed by atoms with van der Waals surface area (Å²) in [5.74, 6) is -0.683. The number of phenolic OH excluding ortho intramolecular Hbond substituents is 1. The van der Waals surface area contributed by atoms with Gasteiger partial charge in [-0.15, -0.1) is 21.5 Å². The van der Waals surface area contributed by atoms with Gasteiger partial charge in [0.1, 0.15) is 17.7 Å². The molecule has 0 saturated carbocycles. The average molecular weight is 905 g/mol. The molecule has 0 spiro atoms. The summed E-state index contributed by atoms with van der Waals surface area (Å²) >= 11 is 1.58. The molecule has 4 N–H and O–H groups in total. The van der Waals surface area contributed by atoms with Crippen molar-refractivity contribution >= 4 is 40.6 Å². The molecule has 3 amide bonds. The van der Waals surface area contributed by atoms with Crippen molar-refractivity contribution in [1.82, 2.24) is 40.4 Å². The van der Waals surface area contributed by atoms with Crippen LogP contribution in [0.25, 0.3) is 21.7 Å². The van der Waals surface area contributed by atoms with Crippen LogP contribution in [0.15, 0.2) is 70.7 Å². The summed E-state index contributed by atoms with van der Waals surface area (Å²) in [7, 11) is 0. The van der Waals surface area contributed by atoms with E-state index in [1.54, 1.807) is 36.5 Å². The molecule has 3 fully saturated rings. The molecule has 342 valence electrons. The van der Waals surface area contributed by atoms with E-state index in [2.05, 4.69) is 40.8 Å². The molecule has 0 bridgehead atoms. The molecular weight excluding hydrogens is 849 g/mol. The van der Waals surface area contributed by atoms with Crippen LogP contribution in [0.5, 0.6) is 11.6 Å². The van der Waals surface area contributed by atoms with Gasteiger partial charge in [-0.25, -0.2) is 4.98 Å². The number of piperazine rings is 1. The smallest absolute Gasteiger partial charge is 0.263 e. The summed E-state index contributed by atoms with van der Waals surface area (Å²) in [4.78, 5) is 55.4. The zero-order valence-electron chi connectivity index (χ0n) is 37.3. The number of nitrogens with one attached hydrogen (secondary N) is 2. The number of aryl methyl sites for hydroxylation is 1. The number of phenols is 1. The number of ether oxygens (including phenoxy) is 1. The minimum Gasteiger partial charge on any atom is -0.507 e. The first-order valence-corrected chi connectivity index (χ1v) is 23.3. The number of hydrogen-bond donors (Lipinski definition) is 4. The molecule has 7 atom stereocenters. The molecule has 2 unspecified atom stereocenters. The molecule has 0 radical (unpaired) electrons. The first kappa shape index (κ1) is 44.1. The second-order valence-electron chi connectivity index (χ2n) is 18.0. The maximum absolute atomic E-state index is 14.3. The Hall–Kier alpha value is -6.11. The summed E-state index contributed by atoms with van der Waals surface area (Å²) in [6, 6.07) is 17.8. The first-order chi connectivity index (χ1) is 31.3. The molecule has 65 heavy (non-hydrogen) atoms.